The first kappa shape index (κ1) is 21.5. The molecule has 2 heterocycles. The lowest BCUT2D eigenvalue weighted by atomic mass is 10.00. The molecule has 0 bridgehead atoms. The summed E-state index contributed by atoms with van der Waals surface area (Å²) in [7, 11) is 0. The number of fused-ring (bicyclic) bond motifs is 1. The Morgan fingerprint density at radius 1 is 1.00 bits per heavy atom. The van der Waals surface area contributed by atoms with Gasteiger partial charge < -0.3 is 5.32 Å². The molecule has 0 unspecified atom stereocenters. The summed E-state index contributed by atoms with van der Waals surface area (Å²) in [6, 6.07) is 22.6. The van der Waals surface area contributed by atoms with Crippen molar-refractivity contribution in [2.75, 3.05) is 6.54 Å². The van der Waals surface area contributed by atoms with E-state index >= 15 is 0 Å². The van der Waals surface area contributed by atoms with Gasteiger partial charge in [0.2, 0.25) is 0 Å². The van der Waals surface area contributed by atoms with E-state index in [1.807, 2.05) is 47.1 Å². The molecule has 0 spiro atoms. The van der Waals surface area contributed by atoms with Crippen LogP contribution in [0.3, 0.4) is 0 Å². The second kappa shape index (κ2) is 9.66. The molecule has 3 aromatic carbocycles. The van der Waals surface area contributed by atoms with Crippen LogP contribution in [0, 0.1) is 6.92 Å². The smallest absolute Gasteiger partial charge is 0.255 e. The van der Waals surface area contributed by atoms with E-state index in [-0.39, 0.29) is 5.91 Å². The van der Waals surface area contributed by atoms with Crippen molar-refractivity contribution in [1.29, 1.82) is 0 Å². The lowest BCUT2D eigenvalue weighted by molar-refractivity contribution is 0.0954. The average molecular weight is 452 g/mol. The molecule has 0 aliphatic heterocycles. The number of amides is 1. The third-order valence-corrected chi connectivity index (χ3v) is 5.95. The zero-order valence-corrected chi connectivity index (χ0v) is 18.9. The Kier molecular flexibility index (Phi) is 6.11. The van der Waals surface area contributed by atoms with Gasteiger partial charge in [0.25, 0.3) is 5.91 Å². The Hall–Kier alpha value is -4.33. The second-order valence-electron chi connectivity index (χ2n) is 8.21. The molecule has 5 rings (SSSR count). The zero-order chi connectivity index (χ0) is 23.3. The molecular weight excluding hydrogens is 426 g/mol. The molecule has 0 radical (unpaired) electrons. The van der Waals surface area contributed by atoms with Crippen molar-refractivity contribution in [2.24, 2.45) is 0 Å². The van der Waals surface area contributed by atoms with Gasteiger partial charge in [0, 0.05) is 25.1 Å². The van der Waals surface area contributed by atoms with Crippen LogP contribution in [0.4, 0.5) is 0 Å². The predicted octanol–water partition coefficient (Wildman–Crippen LogP) is 3.74. The van der Waals surface area contributed by atoms with Crippen molar-refractivity contribution >= 4 is 16.7 Å². The van der Waals surface area contributed by atoms with Crippen LogP contribution in [0.25, 0.3) is 22.0 Å². The molecule has 0 aliphatic rings. The first-order valence-corrected chi connectivity index (χ1v) is 11.3. The molecule has 2 N–H and O–H groups in total. The first-order chi connectivity index (χ1) is 16.7. The van der Waals surface area contributed by atoms with Gasteiger partial charge >= 0.3 is 0 Å². The number of rotatable bonds is 8. The maximum atomic E-state index is 13.2. The monoisotopic (exact) mass is 451 g/mol. The van der Waals surface area contributed by atoms with Crippen molar-refractivity contribution in [2.45, 2.75) is 26.3 Å². The Balaban J connectivity index is 1.32. The van der Waals surface area contributed by atoms with E-state index < -0.39 is 0 Å². The SMILES string of the molecule is Cc1cc2ccccc2cc1CCNC(=O)c1cnn(CCc2nn[nH]n2)c1-c1ccccc1. The number of nitrogens with one attached hydrogen (secondary N) is 2. The summed E-state index contributed by atoms with van der Waals surface area (Å²) in [5, 5.41) is 24.1. The number of carbonyl (C=O) groups is 1. The highest BCUT2D eigenvalue weighted by Crippen LogP contribution is 2.24. The molecule has 0 aliphatic carbocycles. The number of carbonyl (C=O) groups excluding carboxylic acids is 1. The number of aromatic amines is 1. The van der Waals surface area contributed by atoms with Crippen LogP contribution < -0.4 is 5.32 Å². The number of aryl methyl sites for hydroxylation is 3. The molecule has 2 aromatic heterocycles. The molecule has 8 nitrogen and oxygen atoms in total. The summed E-state index contributed by atoms with van der Waals surface area (Å²) >= 11 is 0. The molecule has 0 saturated carbocycles. The van der Waals surface area contributed by atoms with E-state index in [1.165, 1.54) is 21.9 Å². The van der Waals surface area contributed by atoms with Crippen LogP contribution in [0.1, 0.15) is 27.3 Å². The molecule has 5 aromatic rings. The number of H-pyrrole nitrogens is 1. The van der Waals surface area contributed by atoms with E-state index in [4.69, 9.17) is 0 Å². The van der Waals surface area contributed by atoms with Gasteiger partial charge in [-0.1, -0.05) is 71.9 Å². The van der Waals surface area contributed by atoms with Crippen LogP contribution in [-0.4, -0.2) is 42.9 Å². The van der Waals surface area contributed by atoms with Gasteiger partial charge in [-0.05, 0) is 35.2 Å². The summed E-state index contributed by atoms with van der Waals surface area (Å²) in [5.41, 5.74) is 4.73. The van der Waals surface area contributed by atoms with Gasteiger partial charge in [-0.2, -0.15) is 10.3 Å². The Bertz CT molecular complexity index is 1410. The lowest BCUT2D eigenvalue weighted by Gasteiger charge is -2.11. The van der Waals surface area contributed by atoms with Gasteiger partial charge in [0.1, 0.15) is 0 Å². The highest BCUT2D eigenvalue weighted by atomic mass is 16.1. The van der Waals surface area contributed by atoms with Crippen LogP contribution in [0.2, 0.25) is 0 Å². The fraction of sp³-hybridized carbons (Fsp3) is 0.192. The number of benzene rings is 3. The molecule has 0 saturated heterocycles. The predicted molar refractivity (Wildman–Crippen MR) is 130 cm³/mol. The first-order valence-electron chi connectivity index (χ1n) is 11.3. The maximum Gasteiger partial charge on any atom is 0.255 e. The minimum Gasteiger partial charge on any atom is -0.352 e. The zero-order valence-electron chi connectivity index (χ0n) is 18.9. The fourth-order valence-corrected chi connectivity index (χ4v) is 4.19. The summed E-state index contributed by atoms with van der Waals surface area (Å²) in [6.07, 6.45) is 2.95. The standard InChI is InChI=1S/C26H25N7O/c1-18-15-21-9-5-6-10-22(21)16-20(18)11-13-27-26(34)23-17-28-33(14-12-24-29-31-32-30-24)25(23)19-7-3-2-4-8-19/h2-10,15-17H,11-14H2,1H3,(H,27,34)(H,29,30,31,32). The summed E-state index contributed by atoms with van der Waals surface area (Å²) < 4.78 is 1.83. The number of hydrogen-bond acceptors (Lipinski definition) is 5. The van der Waals surface area contributed by atoms with Gasteiger partial charge in [-0.25, -0.2) is 0 Å². The molecule has 34 heavy (non-hydrogen) atoms. The molecule has 1 amide bonds. The molecular formula is C26H25N7O. The van der Waals surface area contributed by atoms with E-state index in [2.05, 4.69) is 62.2 Å². The summed E-state index contributed by atoms with van der Waals surface area (Å²) in [4.78, 5) is 13.2. The van der Waals surface area contributed by atoms with Crippen molar-refractivity contribution in [3.63, 3.8) is 0 Å². The lowest BCUT2D eigenvalue weighted by Crippen LogP contribution is -2.26. The highest BCUT2D eigenvalue weighted by molar-refractivity contribution is 6.00. The minimum atomic E-state index is -0.136. The van der Waals surface area contributed by atoms with Gasteiger partial charge in [-0.3, -0.25) is 9.48 Å². The largest absolute Gasteiger partial charge is 0.352 e. The number of hydrogen-bond donors (Lipinski definition) is 2. The van der Waals surface area contributed by atoms with Crippen LogP contribution >= 0.6 is 0 Å². The molecule has 8 heteroatoms. The van der Waals surface area contributed by atoms with Crippen LogP contribution in [-0.2, 0) is 19.4 Å². The van der Waals surface area contributed by atoms with Crippen molar-refractivity contribution < 1.29 is 4.79 Å². The summed E-state index contributed by atoms with van der Waals surface area (Å²) in [5.74, 6) is 0.467. The van der Waals surface area contributed by atoms with E-state index in [0.717, 1.165) is 17.7 Å². The van der Waals surface area contributed by atoms with Crippen molar-refractivity contribution in [1.82, 2.24) is 35.7 Å². The summed E-state index contributed by atoms with van der Waals surface area (Å²) in [6.45, 7) is 3.19. The molecule has 0 fully saturated rings. The minimum absolute atomic E-state index is 0.136. The molecule has 170 valence electrons. The average Bonchev–Trinajstić information content (AvgIpc) is 3.53. The Morgan fingerprint density at radius 2 is 1.76 bits per heavy atom. The number of aromatic nitrogens is 6. The van der Waals surface area contributed by atoms with E-state index in [0.29, 0.717) is 30.9 Å². The normalized spacial score (nSPS) is 11.1. The number of nitrogens with zero attached hydrogens (tertiary/aromatic N) is 5. The maximum absolute atomic E-state index is 13.2. The Morgan fingerprint density at radius 3 is 2.53 bits per heavy atom. The number of tetrazole rings is 1. The van der Waals surface area contributed by atoms with Gasteiger partial charge in [0.05, 0.1) is 17.5 Å². The quantitative estimate of drug-likeness (QED) is 0.374. The van der Waals surface area contributed by atoms with Crippen molar-refractivity contribution in [3.8, 4) is 11.3 Å². The van der Waals surface area contributed by atoms with Gasteiger partial charge in [0.15, 0.2) is 5.82 Å². The Labute approximate surface area is 197 Å². The van der Waals surface area contributed by atoms with Crippen molar-refractivity contribution in [3.05, 3.63) is 95.4 Å². The van der Waals surface area contributed by atoms with E-state index in [9.17, 15) is 4.79 Å². The fourth-order valence-electron chi connectivity index (χ4n) is 4.19. The van der Waals surface area contributed by atoms with E-state index in [1.54, 1.807) is 6.20 Å². The van der Waals surface area contributed by atoms with Crippen LogP contribution in [0.15, 0.2) is 72.9 Å². The van der Waals surface area contributed by atoms with Gasteiger partial charge in [-0.15, -0.1) is 10.2 Å². The second-order valence-corrected chi connectivity index (χ2v) is 8.21. The molecule has 0 atom stereocenters. The topological polar surface area (TPSA) is 101 Å². The third kappa shape index (κ3) is 4.56. The highest BCUT2D eigenvalue weighted by Gasteiger charge is 2.19. The van der Waals surface area contributed by atoms with Crippen LogP contribution in [0.5, 0.6) is 0 Å². The third-order valence-electron chi connectivity index (χ3n) is 5.95.